The molecule has 0 radical (unpaired) electrons. The van der Waals surface area contributed by atoms with E-state index in [1.54, 1.807) is 0 Å². The third-order valence-corrected chi connectivity index (χ3v) is 6.05. The summed E-state index contributed by atoms with van der Waals surface area (Å²) in [7, 11) is 1.96. The molecule has 0 aliphatic carbocycles. The number of ether oxygens (including phenoxy) is 2. The average molecular weight is 422 g/mol. The number of pyridine rings is 1. The number of aromatic nitrogens is 3. The van der Waals surface area contributed by atoms with Crippen LogP contribution in [-0.4, -0.2) is 76.5 Å². The maximum atomic E-state index is 13.3. The number of carbonyl (C=O) groups is 1. The Morgan fingerprint density at radius 1 is 1.13 bits per heavy atom. The molecule has 1 amide bonds. The second kappa shape index (κ2) is 8.74. The molecule has 0 bridgehead atoms. The largest absolute Gasteiger partial charge is 0.378 e. The first-order chi connectivity index (χ1) is 15.2. The van der Waals surface area contributed by atoms with Gasteiger partial charge in [0.1, 0.15) is 6.10 Å². The third-order valence-electron chi connectivity index (χ3n) is 6.05. The lowest BCUT2D eigenvalue weighted by atomic mass is 10.0. The van der Waals surface area contributed by atoms with Crippen LogP contribution in [0.15, 0.2) is 42.6 Å². The van der Waals surface area contributed by atoms with Crippen LogP contribution in [0.4, 0.5) is 0 Å². The maximum absolute atomic E-state index is 13.3. The molecule has 3 aromatic rings. The van der Waals surface area contributed by atoms with Gasteiger partial charge in [0, 0.05) is 51.4 Å². The normalized spacial score (nSPS) is 20.3. The number of nitrogens with zero attached hydrogens (tertiary/aromatic N) is 5. The van der Waals surface area contributed by atoms with Gasteiger partial charge in [-0.2, -0.15) is 5.10 Å². The summed E-state index contributed by atoms with van der Waals surface area (Å²) in [5, 5.41) is 5.14. The number of morpholine rings is 2. The number of benzene rings is 1. The average Bonchev–Trinajstić information content (AvgIpc) is 3.22. The number of fused-ring (bicyclic) bond motifs is 1. The predicted octanol–water partition coefficient (Wildman–Crippen LogP) is 2.01. The summed E-state index contributed by atoms with van der Waals surface area (Å²) in [5.41, 5.74) is 3.49. The van der Waals surface area contributed by atoms with Crippen LogP contribution in [0.2, 0.25) is 0 Å². The van der Waals surface area contributed by atoms with Crippen LogP contribution in [0, 0.1) is 0 Å². The Hall–Kier alpha value is -2.81. The van der Waals surface area contributed by atoms with Gasteiger partial charge in [-0.25, -0.2) is 4.98 Å². The van der Waals surface area contributed by atoms with E-state index >= 15 is 0 Å². The molecular formula is C23H27N5O3. The fourth-order valence-corrected chi connectivity index (χ4v) is 4.29. The van der Waals surface area contributed by atoms with Crippen LogP contribution in [0.25, 0.3) is 10.9 Å². The quantitative estimate of drug-likeness (QED) is 0.642. The molecule has 31 heavy (non-hydrogen) atoms. The number of aryl methyl sites for hydroxylation is 1. The molecule has 162 valence electrons. The van der Waals surface area contributed by atoms with E-state index in [4.69, 9.17) is 14.5 Å². The molecule has 0 saturated carbocycles. The van der Waals surface area contributed by atoms with Crippen molar-refractivity contribution in [1.29, 1.82) is 0 Å². The van der Waals surface area contributed by atoms with Crippen molar-refractivity contribution >= 4 is 16.8 Å². The van der Waals surface area contributed by atoms with Crippen molar-refractivity contribution in [3.8, 4) is 0 Å². The molecule has 8 heteroatoms. The lowest BCUT2D eigenvalue weighted by Gasteiger charge is -2.33. The van der Waals surface area contributed by atoms with Gasteiger partial charge >= 0.3 is 0 Å². The van der Waals surface area contributed by atoms with Crippen LogP contribution >= 0.6 is 0 Å². The molecule has 2 aromatic heterocycles. The van der Waals surface area contributed by atoms with Crippen molar-refractivity contribution in [2.45, 2.75) is 12.6 Å². The lowest BCUT2D eigenvalue weighted by Crippen LogP contribution is -2.41. The van der Waals surface area contributed by atoms with Crippen molar-refractivity contribution in [2.75, 3.05) is 46.0 Å². The first kappa shape index (κ1) is 20.1. The summed E-state index contributed by atoms with van der Waals surface area (Å²) in [6.07, 6.45) is 1.64. The minimum Gasteiger partial charge on any atom is -0.378 e. The molecule has 0 spiro atoms. The number of hydrogen-bond donors (Lipinski definition) is 0. The van der Waals surface area contributed by atoms with Gasteiger partial charge < -0.3 is 14.4 Å². The van der Waals surface area contributed by atoms with Crippen LogP contribution < -0.4 is 0 Å². The second-order valence-corrected chi connectivity index (χ2v) is 8.06. The summed E-state index contributed by atoms with van der Waals surface area (Å²) >= 11 is 0. The van der Waals surface area contributed by atoms with E-state index in [1.807, 2.05) is 59.2 Å². The van der Waals surface area contributed by atoms with Gasteiger partial charge in [-0.15, -0.1) is 0 Å². The molecule has 4 heterocycles. The molecule has 1 aromatic carbocycles. The van der Waals surface area contributed by atoms with Crippen molar-refractivity contribution in [1.82, 2.24) is 24.6 Å². The van der Waals surface area contributed by atoms with E-state index in [1.165, 1.54) is 0 Å². The number of rotatable bonds is 4. The third kappa shape index (κ3) is 4.19. The fraction of sp³-hybridized carbons (Fsp3) is 0.435. The van der Waals surface area contributed by atoms with Crippen molar-refractivity contribution in [2.24, 2.45) is 7.05 Å². The Labute approximate surface area is 181 Å². The van der Waals surface area contributed by atoms with Gasteiger partial charge in [0.05, 0.1) is 42.3 Å². The van der Waals surface area contributed by atoms with Gasteiger partial charge in [0.15, 0.2) is 0 Å². The Bertz CT molecular complexity index is 1080. The monoisotopic (exact) mass is 421 g/mol. The van der Waals surface area contributed by atoms with Crippen LogP contribution in [-0.2, 0) is 23.1 Å². The van der Waals surface area contributed by atoms with Crippen molar-refractivity contribution in [3.05, 3.63) is 59.5 Å². The van der Waals surface area contributed by atoms with Crippen LogP contribution in [0.3, 0.4) is 0 Å². The fourth-order valence-electron chi connectivity index (χ4n) is 4.29. The highest BCUT2D eigenvalue weighted by Crippen LogP contribution is 2.27. The minimum atomic E-state index is -0.178. The molecular weight excluding hydrogens is 394 g/mol. The highest BCUT2D eigenvalue weighted by molar-refractivity contribution is 6.06. The van der Waals surface area contributed by atoms with Crippen molar-refractivity contribution in [3.63, 3.8) is 0 Å². The molecule has 2 aliphatic heterocycles. The summed E-state index contributed by atoms with van der Waals surface area (Å²) in [6.45, 7) is 5.41. The molecule has 1 atom stereocenters. The summed E-state index contributed by atoms with van der Waals surface area (Å²) in [4.78, 5) is 22.4. The summed E-state index contributed by atoms with van der Waals surface area (Å²) in [5.74, 6) is 0.0331. The Morgan fingerprint density at radius 3 is 2.77 bits per heavy atom. The predicted molar refractivity (Wildman–Crippen MR) is 116 cm³/mol. The topological polar surface area (TPSA) is 72.7 Å². The summed E-state index contributed by atoms with van der Waals surface area (Å²) < 4.78 is 13.4. The smallest absolute Gasteiger partial charge is 0.254 e. The highest BCUT2D eigenvalue weighted by atomic mass is 16.5. The van der Waals surface area contributed by atoms with E-state index in [9.17, 15) is 4.79 Å². The molecule has 0 N–H and O–H groups in total. The lowest BCUT2D eigenvalue weighted by molar-refractivity contribution is -0.0355. The van der Waals surface area contributed by atoms with Crippen LogP contribution in [0.5, 0.6) is 0 Å². The first-order valence-corrected chi connectivity index (χ1v) is 10.8. The van der Waals surface area contributed by atoms with E-state index in [2.05, 4.69) is 10.00 Å². The van der Waals surface area contributed by atoms with Gasteiger partial charge in [-0.1, -0.05) is 18.2 Å². The number of amides is 1. The van der Waals surface area contributed by atoms with E-state index in [-0.39, 0.29) is 12.0 Å². The van der Waals surface area contributed by atoms with Gasteiger partial charge in [0.25, 0.3) is 5.91 Å². The number of para-hydroxylation sites is 1. The maximum Gasteiger partial charge on any atom is 0.254 e. The zero-order chi connectivity index (χ0) is 21.2. The van der Waals surface area contributed by atoms with Gasteiger partial charge in [0.2, 0.25) is 0 Å². The first-order valence-electron chi connectivity index (χ1n) is 10.8. The molecule has 8 nitrogen and oxygen atoms in total. The molecule has 2 saturated heterocycles. The molecule has 2 fully saturated rings. The zero-order valence-electron chi connectivity index (χ0n) is 17.7. The van der Waals surface area contributed by atoms with Crippen LogP contribution in [0.1, 0.15) is 27.8 Å². The number of carbonyl (C=O) groups excluding carboxylic acids is 1. The Kier molecular flexibility index (Phi) is 5.67. The Morgan fingerprint density at radius 2 is 1.97 bits per heavy atom. The zero-order valence-corrected chi connectivity index (χ0v) is 17.7. The molecule has 0 unspecified atom stereocenters. The van der Waals surface area contributed by atoms with Crippen molar-refractivity contribution < 1.29 is 14.3 Å². The Balaban J connectivity index is 1.44. The van der Waals surface area contributed by atoms with E-state index < -0.39 is 0 Å². The highest BCUT2D eigenvalue weighted by Gasteiger charge is 2.27. The summed E-state index contributed by atoms with van der Waals surface area (Å²) in [6, 6.07) is 11.8. The standard InChI is InChI=1S/C23H27N5O3/c1-26-17(6-7-24-26)15-27-8-13-31-22(16-27)21-14-19(18-4-2-3-5-20(18)25-21)23(29)28-9-11-30-12-10-28/h2-7,14,22H,8-13,15-16H2,1H3/t22-/m0/s1. The van der Waals surface area contributed by atoms with E-state index in [0.29, 0.717) is 38.5 Å². The van der Waals surface area contributed by atoms with E-state index in [0.717, 1.165) is 41.9 Å². The number of hydrogen-bond acceptors (Lipinski definition) is 6. The van der Waals surface area contributed by atoms with Gasteiger partial charge in [-0.05, 0) is 18.2 Å². The minimum absolute atomic E-state index is 0.0331. The molecule has 5 rings (SSSR count). The molecule has 2 aliphatic rings. The SMILES string of the molecule is Cn1nccc1CN1CCO[C@H](c2cc(C(=O)N3CCOCC3)c3ccccc3n2)C1. The van der Waals surface area contributed by atoms with Gasteiger partial charge in [-0.3, -0.25) is 14.4 Å². The second-order valence-electron chi connectivity index (χ2n) is 8.06.